The van der Waals surface area contributed by atoms with Crippen molar-refractivity contribution < 1.29 is 14.7 Å². The molecule has 0 spiro atoms. The van der Waals surface area contributed by atoms with E-state index >= 15 is 0 Å². The van der Waals surface area contributed by atoms with Crippen LogP contribution in [0.15, 0.2) is 30.5 Å². The number of amides is 1. The number of rotatable bonds is 5. The molecule has 0 radical (unpaired) electrons. The molecule has 9 heteroatoms. The normalized spacial score (nSPS) is 22.9. The molecule has 3 aliphatic heterocycles. The molecule has 1 aromatic heterocycles. The maximum atomic E-state index is 12.9. The molecule has 0 saturated carbocycles. The van der Waals surface area contributed by atoms with Crippen molar-refractivity contribution in [3.8, 4) is 0 Å². The summed E-state index contributed by atoms with van der Waals surface area (Å²) in [5, 5.41) is 14.5. The highest BCUT2D eigenvalue weighted by molar-refractivity contribution is 6.32. The highest BCUT2D eigenvalue weighted by Gasteiger charge is 2.37. The number of nitrogens with zero attached hydrogens (tertiary/aromatic N) is 3. The topological polar surface area (TPSA) is 85.8 Å². The predicted octanol–water partition coefficient (Wildman–Crippen LogP) is 5.76. The van der Waals surface area contributed by atoms with Gasteiger partial charge < -0.3 is 15.3 Å². The third-order valence-electron chi connectivity index (χ3n) is 9.73. The Morgan fingerprint density at radius 1 is 0.927 bits per heavy atom. The molecule has 7 nitrogen and oxygen atoms in total. The van der Waals surface area contributed by atoms with Crippen LogP contribution < -0.4 is 5.32 Å². The molecular formula is C32H38Cl2N4O3. The molecule has 1 aliphatic carbocycles. The Labute approximate surface area is 251 Å². The summed E-state index contributed by atoms with van der Waals surface area (Å²) in [7, 11) is 0. The van der Waals surface area contributed by atoms with Gasteiger partial charge in [0, 0.05) is 36.3 Å². The predicted molar refractivity (Wildman–Crippen MR) is 162 cm³/mol. The van der Waals surface area contributed by atoms with Crippen molar-refractivity contribution in [2.24, 2.45) is 17.8 Å². The average Bonchev–Trinajstić information content (AvgIpc) is 3.12. The van der Waals surface area contributed by atoms with Crippen molar-refractivity contribution in [2.45, 2.75) is 51.0 Å². The van der Waals surface area contributed by atoms with E-state index in [0.29, 0.717) is 45.7 Å². The van der Waals surface area contributed by atoms with E-state index in [4.69, 9.17) is 28.2 Å². The SMILES string of the molecule is O=C(O)C1=Cc2cc(Cl)ccc2C(N2CCC(C3CCN(C(=O)CC4CCNCC4)CC3)CC2)c2ncc(Cl)cc21. The van der Waals surface area contributed by atoms with E-state index in [1.165, 1.54) is 0 Å². The van der Waals surface area contributed by atoms with E-state index in [9.17, 15) is 14.7 Å². The summed E-state index contributed by atoms with van der Waals surface area (Å²) in [5.41, 5.74) is 3.28. The number of pyridine rings is 1. The number of likely N-dealkylation sites (tertiary alicyclic amines) is 2. The summed E-state index contributed by atoms with van der Waals surface area (Å²) in [6.07, 6.45) is 10.6. The largest absolute Gasteiger partial charge is 0.478 e. The van der Waals surface area contributed by atoms with Gasteiger partial charge in [0.25, 0.3) is 0 Å². The van der Waals surface area contributed by atoms with Crippen LogP contribution in [0.1, 0.15) is 73.4 Å². The van der Waals surface area contributed by atoms with Gasteiger partial charge in [0.1, 0.15) is 0 Å². The average molecular weight is 598 g/mol. The molecule has 218 valence electrons. The summed E-state index contributed by atoms with van der Waals surface area (Å²) >= 11 is 12.7. The number of nitrogens with one attached hydrogen (secondary N) is 1. The van der Waals surface area contributed by atoms with E-state index in [-0.39, 0.29) is 11.6 Å². The van der Waals surface area contributed by atoms with Gasteiger partial charge in [0.2, 0.25) is 5.91 Å². The fraction of sp³-hybridized carbons (Fsp3) is 0.531. The standard InChI is InChI=1S/C32H38Cl2N4O3/c33-24-1-2-26-23(16-24)17-28(32(40)41)27-18-25(34)19-36-30(27)31(26)38-13-7-22(8-14-38)21-5-11-37(12-6-21)29(39)15-20-3-9-35-10-4-20/h1-2,16-22,31,35H,3-15H2,(H,40,41). The van der Waals surface area contributed by atoms with Crippen molar-refractivity contribution >= 4 is 46.7 Å². The minimum absolute atomic E-state index is 0.178. The van der Waals surface area contributed by atoms with Crippen LogP contribution in [0.4, 0.5) is 0 Å². The number of hydrogen-bond acceptors (Lipinski definition) is 5. The van der Waals surface area contributed by atoms with E-state index < -0.39 is 5.97 Å². The number of hydrogen-bond donors (Lipinski definition) is 2. The van der Waals surface area contributed by atoms with Gasteiger partial charge in [-0.25, -0.2) is 4.79 Å². The lowest BCUT2D eigenvalue weighted by atomic mass is 9.78. The maximum absolute atomic E-state index is 12.9. The number of carbonyl (C=O) groups excluding carboxylic acids is 1. The highest BCUT2D eigenvalue weighted by Crippen LogP contribution is 2.43. The number of carbonyl (C=O) groups is 2. The van der Waals surface area contributed by atoms with Crippen molar-refractivity contribution in [3.63, 3.8) is 0 Å². The maximum Gasteiger partial charge on any atom is 0.336 e. The molecular weight excluding hydrogens is 559 g/mol. The van der Waals surface area contributed by atoms with Gasteiger partial charge in [-0.15, -0.1) is 0 Å². The van der Waals surface area contributed by atoms with Crippen molar-refractivity contribution in [1.82, 2.24) is 20.1 Å². The second-order valence-corrected chi connectivity index (χ2v) is 13.0. The lowest BCUT2D eigenvalue weighted by molar-refractivity contribution is -0.134. The first-order valence-corrected chi connectivity index (χ1v) is 15.8. The van der Waals surface area contributed by atoms with Gasteiger partial charge in [-0.2, -0.15) is 0 Å². The number of carboxylic acids is 1. The first-order chi connectivity index (χ1) is 19.9. The summed E-state index contributed by atoms with van der Waals surface area (Å²) in [4.78, 5) is 34.5. The summed E-state index contributed by atoms with van der Waals surface area (Å²) in [6.45, 7) is 5.63. The summed E-state index contributed by atoms with van der Waals surface area (Å²) in [5.74, 6) is 1.14. The number of aliphatic carboxylic acids is 1. The zero-order chi connectivity index (χ0) is 28.5. The molecule has 6 rings (SSSR count). The zero-order valence-electron chi connectivity index (χ0n) is 23.3. The lowest BCUT2D eigenvalue weighted by Gasteiger charge is -2.43. The van der Waals surface area contributed by atoms with Crippen LogP contribution in [0.2, 0.25) is 10.0 Å². The number of benzene rings is 1. The Balaban J connectivity index is 1.14. The van der Waals surface area contributed by atoms with Crippen molar-refractivity contribution in [1.29, 1.82) is 0 Å². The molecule has 3 fully saturated rings. The molecule has 1 aromatic carbocycles. The quantitative estimate of drug-likeness (QED) is 0.456. The van der Waals surface area contributed by atoms with Gasteiger partial charge in [-0.05, 0) is 118 Å². The van der Waals surface area contributed by atoms with Gasteiger partial charge in [-0.3, -0.25) is 14.7 Å². The molecule has 2 aromatic rings. The Kier molecular flexibility index (Phi) is 8.68. The molecule has 4 aliphatic rings. The van der Waals surface area contributed by atoms with Crippen LogP contribution in [0.25, 0.3) is 11.6 Å². The van der Waals surface area contributed by atoms with E-state index in [1.54, 1.807) is 18.3 Å². The molecule has 1 amide bonds. The van der Waals surface area contributed by atoms with E-state index in [2.05, 4.69) is 15.1 Å². The monoisotopic (exact) mass is 596 g/mol. The number of halogens is 2. The van der Waals surface area contributed by atoms with Crippen molar-refractivity contribution in [2.75, 3.05) is 39.3 Å². The zero-order valence-corrected chi connectivity index (χ0v) is 24.8. The van der Waals surface area contributed by atoms with Gasteiger partial charge in [0.15, 0.2) is 0 Å². The molecule has 2 N–H and O–H groups in total. The van der Waals surface area contributed by atoms with E-state index in [1.807, 2.05) is 18.2 Å². The minimum atomic E-state index is -1.01. The first kappa shape index (κ1) is 28.7. The smallest absolute Gasteiger partial charge is 0.336 e. The third-order valence-corrected chi connectivity index (χ3v) is 10.2. The fourth-order valence-corrected chi connectivity index (χ4v) is 7.80. The minimum Gasteiger partial charge on any atom is -0.478 e. The molecule has 3 saturated heterocycles. The number of carboxylic acid groups (broad SMARTS) is 1. The number of fused-ring (bicyclic) bond motifs is 2. The van der Waals surface area contributed by atoms with Gasteiger partial charge >= 0.3 is 5.97 Å². The van der Waals surface area contributed by atoms with Crippen LogP contribution in [0.3, 0.4) is 0 Å². The Hall–Kier alpha value is -2.45. The molecule has 1 unspecified atom stereocenters. The third kappa shape index (κ3) is 6.19. The van der Waals surface area contributed by atoms with Gasteiger partial charge in [-0.1, -0.05) is 29.3 Å². The Morgan fingerprint density at radius 3 is 2.29 bits per heavy atom. The second kappa shape index (κ2) is 12.4. The van der Waals surface area contributed by atoms with Crippen LogP contribution >= 0.6 is 23.2 Å². The lowest BCUT2D eigenvalue weighted by Crippen LogP contribution is -2.44. The molecule has 0 bridgehead atoms. The van der Waals surface area contributed by atoms with E-state index in [0.717, 1.165) is 94.6 Å². The second-order valence-electron chi connectivity index (χ2n) is 12.1. The number of piperidine rings is 3. The van der Waals surface area contributed by atoms with Crippen LogP contribution in [-0.2, 0) is 9.59 Å². The first-order valence-electron chi connectivity index (χ1n) is 15.0. The molecule has 1 atom stereocenters. The number of aromatic nitrogens is 1. The molecule has 41 heavy (non-hydrogen) atoms. The fourth-order valence-electron chi connectivity index (χ4n) is 7.46. The van der Waals surface area contributed by atoms with Crippen LogP contribution in [-0.4, -0.2) is 71.0 Å². The Bertz CT molecular complexity index is 1330. The Morgan fingerprint density at radius 2 is 1.61 bits per heavy atom. The highest BCUT2D eigenvalue weighted by atomic mass is 35.5. The summed E-state index contributed by atoms with van der Waals surface area (Å²) < 4.78 is 0. The van der Waals surface area contributed by atoms with Crippen LogP contribution in [0, 0.1) is 17.8 Å². The van der Waals surface area contributed by atoms with Crippen molar-refractivity contribution in [3.05, 3.63) is 62.9 Å². The summed E-state index contributed by atoms with van der Waals surface area (Å²) in [6, 6.07) is 7.25. The molecule has 4 heterocycles. The van der Waals surface area contributed by atoms with Crippen LogP contribution in [0.5, 0.6) is 0 Å². The van der Waals surface area contributed by atoms with Gasteiger partial charge in [0.05, 0.1) is 22.3 Å².